The fourth-order valence-electron chi connectivity index (χ4n) is 1.77. The Labute approximate surface area is 93.0 Å². The van der Waals surface area contributed by atoms with E-state index in [9.17, 15) is 22.8 Å². The summed E-state index contributed by atoms with van der Waals surface area (Å²) >= 11 is 0. The van der Waals surface area contributed by atoms with Crippen molar-refractivity contribution < 1.29 is 27.9 Å². The Morgan fingerprint density at radius 1 is 1.41 bits per heavy atom. The Bertz CT molecular complexity index is 518. The number of nitrogens with one attached hydrogen (secondary N) is 1. The third kappa shape index (κ3) is 1.73. The first-order valence-corrected chi connectivity index (χ1v) is 4.58. The maximum absolute atomic E-state index is 13.4. The Kier molecular flexibility index (Phi) is 2.53. The molecular formula is C10H6F3NO3. The van der Waals surface area contributed by atoms with E-state index in [1.165, 1.54) is 0 Å². The SMILES string of the molecule is O=C(O)C(F)C1C(=O)Nc2cc(F)cc(F)c21. The predicted molar refractivity (Wildman–Crippen MR) is 50.3 cm³/mol. The molecule has 90 valence electrons. The lowest BCUT2D eigenvalue weighted by Gasteiger charge is -2.10. The van der Waals surface area contributed by atoms with Crippen LogP contribution in [0.1, 0.15) is 11.5 Å². The van der Waals surface area contributed by atoms with Gasteiger partial charge < -0.3 is 10.4 Å². The third-order valence-corrected chi connectivity index (χ3v) is 2.47. The van der Waals surface area contributed by atoms with Gasteiger partial charge in [0.1, 0.15) is 17.6 Å². The van der Waals surface area contributed by atoms with E-state index in [0.717, 1.165) is 6.07 Å². The zero-order valence-corrected chi connectivity index (χ0v) is 8.21. The summed E-state index contributed by atoms with van der Waals surface area (Å²) in [7, 11) is 0. The van der Waals surface area contributed by atoms with Crippen LogP contribution in [-0.4, -0.2) is 23.2 Å². The average molecular weight is 245 g/mol. The molecular weight excluding hydrogens is 239 g/mol. The maximum Gasteiger partial charge on any atom is 0.339 e. The fourth-order valence-corrected chi connectivity index (χ4v) is 1.77. The van der Waals surface area contributed by atoms with Gasteiger partial charge in [0.2, 0.25) is 12.1 Å². The number of carbonyl (C=O) groups is 2. The Morgan fingerprint density at radius 3 is 2.65 bits per heavy atom. The van der Waals surface area contributed by atoms with E-state index in [1.807, 2.05) is 5.32 Å². The molecule has 0 saturated heterocycles. The number of fused-ring (bicyclic) bond motifs is 1. The van der Waals surface area contributed by atoms with Gasteiger partial charge in [0.15, 0.2) is 0 Å². The number of benzene rings is 1. The van der Waals surface area contributed by atoms with E-state index in [2.05, 4.69) is 0 Å². The molecule has 1 aliphatic rings. The number of alkyl halides is 1. The summed E-state index contributed by atoms with van der Waals surface area (Å²) in [4.78, 5) is 21.8. The first-order valence-electron chi connectivity index (χ1n) is 4.58. The van der Waals surface area contributed by atoms with Crippen molar-refractivity contribution >= 4 is 17.6 Å². The van der Waals surface area contributed by atoms with Crippen molar-refractivity contribution in [3.05, 3.63) is 29.3 Å². The number of rotatable bonds is 2. The number of carboxylic acids is 1. The summed E-state index contributed by atoms with van der Waals surface area (Å²) in [6, 6.07) is 1.28. The summed E-state index contributed by atoms with van der Waals surface area (Å²) in [6.07, 6.45) is -2.57. The van der Waals surface area contributed by atoms with Crippen LogP contribution in [0.25, 0.3) is 0 Å². The summed E-state index contributed by atoms with van der Waals surface area (Å²) in [5.41, 5.74) is -0.687. The molecule has 2 rings (SSSR count). The molecule has 7 heteroatoms. The van der Waals surface area contributed by atoms with Gasteiger partial charge >= 0.3 is 5.97 Å². The molecule has 0 saturated carbocycles. The highest BCUT2D eigenvalue weighted by molar-refractivity contribution is 6.05. The lowest BCUT2D eigenvalue weighted by molar-refractivity contribution is -0.145. The fraction of sp³-hybridized carbons (Fsp3) is 0.200. The van der Waals surface area contributed by atoms with Gasteiger partial charge in [-0.05, 0) is 6.07 Å². The van der Waals surface area contributed by atoms with Crippen LogP contribution in [0.2, 0.25) is 0 Å². The van der Waals surface area contributed by atoms with E-state index in [0.29, 0.717) is 6.07 Å². The molecule has 2 unspecified atom stereocenters. The van der Waals surface area contributed by atoms with Crippen LogP contribution in [0, 0.1) is 11.6 Å². The molecule has 2 N–H and O–H groups in total. The predicted octanol–water partition coefficient (Wildman–Crippen LogP) is 1.42. The van der Waals surface area contributed by atoms with Crippen LogP contribution < -0.4 is 5.32 Å². The minimum atomic E-state index is -2.57. The first kappa shape index (κ1) is 11.4. The molecule has 17 heavy (non-hydrogen) atoms. The summed E-state index contributed by atoms with van der Waals surface area (Å²) in [5, 5.41) is 10.5. The Balaban J connectivity index is 2.54. The number of carboxylic acid groups (broad SMARTS) is 1. The van der Waals surface area contributed by atoms with E-state index in [4.69, 9.17) is 5.11 Å². The van der Waals surface area contributed by atoms with E-state index in [1.54, 1.807) is 0 Å². The van der Waals surface area contributed by atoms with Crippen LogP contribution in [0.4, 0.5) is 18.9 Å². The van der Waals surface area contributed by atoms with Gasteiger partial charge in [0, 0.05) is 11.6 Å². The molecule has 0 aromatic heterocycles. The molecule has 0 bridgehead atoms. The van der Waals surface area contributed by atoms with Gasteiger partial charge in [-0.3, -0.25) is 4.79 Å². The number of amides is 1. The lowest BCUT2D eigenvalue weighted by Crippen LogP contribution is -2.29. The summed E-state index contributed by atoms with van der Waals surface area (Å²) in [5.74, 6) is -6.75. The van der Waals surface area contributed by atoms with Crippen molar-refractivity contribution in [2.75, 3.05) is 5.32 Å². The zero-order chi connectivity index (χ0) is 12.7. The van der Waals surface area contributed by atoms with Crippen molar-refractivity contribution in [3.8, 4) is 0 Å². The molecule has 2 atom stereocenters. The number of carbonyl (C=O) groups excluding carboxylic acids is 1. The van der Waals surface area contributed by atoms with Crippen molar-refractivity contribution in [2.24, 2.45) is 0 Å². The van der Waals surface area contributed by atoms with Gasteiger partial charge in [-0.2, -0.15) is 0 Å². The number of halogens is 3. The highest BCUT2D eigenvalue weighted by Gasteiger charge is 2.43. The zero-order valence-electron chi connectivity index (χ0n) is 8.21. The third-order valence-electron chi connectivity index (χ3n) is 2.47. The van der Waals surface area contributed by atoms with Crippen molar-refractivity contribution in [3.63, 3.8) is 0 Å². The molecule has 1 amide bonds. The van der Waals surface area contributed by atoms with Crippen molar-refractivity contribution in [1.82, 2.24) is 0 Å². The number of anilines is 1. The maximum atomic E-state index is 13.4. The smallest absolute Gasteiger partial charge is 0.339 e. The molecule has 4 nitrogen and oxygen atoms in total. The highest BCUT2D eigenvalue weighted by atomic mass is 19.1. The number of hydrogen-bond donors (Lipinski definition) is 2. The molecule has 1 aliphatic heterocycles. The van der Waals surface area contributed by atoms with Crippen LogP contribution in [-0.2, 0) is 9.59 Å². The van der Waals surface area contributed by atoms with Gasteiger partial charge in [-0.25, -0.2) is 18.0 Å². The molecule has 0 aliphatic carbocycles. The minimum absolute atomic E-state index is 0.235. The van der Waals surface area contributed by atoms with E-state index >= 15 is 0 Å². The van der Waals surface area contributed by atoms with Gasteiger partial charge in [-0.1, -0.05) is 0 Å². The number of aliphatic carboxylic acids is 1. The van der Waals surface area contributed by atoms with Crippen LogP contribution in [0.5, 0.6) is 0 Å². The van der Waals surface area contributed by atoms with Crippen molar-refractivity contribution in [2.45, 2.75) is 12.1 Å². The molecule has 1 aromatic rings. The van der Waals surface area contributed by atoms with Crippen molar-refractivity contribution in [1.29, 1.82) is 0 Å². The highest BCUT2D eigenvalue weighted by Crippen LogP contribution is 2.38. The molecule has 1 heterocycles. The molecule has 0 radical (unpaired) electrons. The molecule has 0 spiro atoms. The van der Waals surface area contributed by atoms with Gasteiger partial charge in [0.05, 0.1) is 5.69 Å². The normalized spacial score (nSPS) is 19.7. The minimum Gasteiger partial charge on any atom is -0.479 e. The summed E-state index contributed by atoms with van der Waals surface area (Å²) in [6.45, 7) is 0. The van der Waals surface area contributed by atoms with Gasteiger partial charge in [-0.15, -0.1) is 0 Å². The van der Waals surface area contributed by atoms with Crippen LogP contribution in [0.3, 0.4) is 0 Å². The van der Waals surface area contributed by atoms with Crippen LogP contribution in [0.15, 0.2) is 12.1 Å². The topological polar surface area (TPSA) is 66.4 Å². The Hall–Kier alpha value is -2.05. The monoisotopic (exact) mass is 245 g/mol. The summed E-state index contributed by atoms with van der Waals surface area (Å²) < 4.78 is 39.6. The van der Waals surface area contributed by atoms with Crippen LogP contribution >= 0.6 is 0 Å². The Morgan fingerprint density at radius 2 is 2.06 bits per heavy atom. The largest absolute Gasteiger partial charge is 0.479 e. The van der Waals surface area contributed by atoms with Gasteiger partial charge in [0.25, 0.3) is 0 Å². The van der Waals surface area contributed by atoms with E-state index in [-0.39, 0.29) is 5.69 Å². The number of hydrogen-bond acceptors (Lipinski definition) is 2. The quantitative estimate of drug-likeness (QED) is 0.828. The second-order valence-electron chi connectivity index (χ2n) is 3.56. The molecule has 1 aromatic carbocycles. The average Bonchev–Trinajstić information content (AvgIpc) is 2.53. The molecule has 0 fully saturated rings. The lowest BCUT2D eigenvalue weighted by atomic mass is 9.95. The first-order chi connectivity index (χ1) is 7.91. The second kappa shape index (κ2) is 3.76. The van der Waals surface area contributed by atoms with E-state index < -0.39 is 41.2 Å². The second-order valence-corrected chi connectivity index (χ2v) is 3.56. The standard InChI is InChI=1S/C10H6F3NO3/c11-3-1-4(12)6-5(2-3)14-9(15)7(6)8(13)10(16)17/h1-2,7-8H,(H,14,15)(H,16,17).